The van der Waals surface area contributed by atoms with Crippen molar-refractivity contribution in [2.24, 2.45) is 11.8 Å². The van der Waals surface area contributed by atoms with Crippen LogP contribution in [0.4, 0.5) is 0 Å². The molecule has 2 aliphatic carbocycles. The lowest BCUT2D eigenvalue weighted by Crippen LogP contribution is -2.53. The number of rotatable bonds is 5. The number of tetrazole rings is 1. The van der Waals surface area contributed by atoms with E-state index in [1.165, 1.54) is 11.1 Å². The van der Waals surface area contributed by atoms with E-state index in [1.807, 2.05) is 17.9 Å². The maximum Gasteiger partial charge on any atom is 0.240 e. The van der Waals surface area contributed by atoms with Crippen LogP contribution in [0.15, 0.2) is 18.2 Å². The second kappa shape index (κ2) is 7.59. The molecule has 10 heteroatoms. The zero-order valence-corrected chi connectivity index (χ0v) is 19.7. The quantitative estimate of drug-likeness (QED) is 0.696. The number of amides is 2. The van der Waals surface area contributed by atoms with Gasteiger partial charge in [0.25, 0.3) is 0 Å². The average molecular weight is 473 g/mol. The van der Waals surface area contributed by atoms with Gasteiger partial charge in [0.1, 0.15) is 6.04 Å². The van der Waals surface area contributed by atoms with Gasteiger partial charge in [-0.25, -0.2) is 0 Å². The molecule has 7 rings (SSSR count). The molecule has 7 atom stereocenters. The monoisotopic (exact) mass is 472 g/mol. The summed E-state index contributed by atoms with van der Waals surface area (Å²) in [5.41, 5.74) is 3.41. The van der Waals surface area contributed by atoms with Crippen LogP contribution in [0, 0.1) is 23.2 Å². The van der Waals surface area contributed by atoms with Crippen LogP contribution in [0.5, 0.6) is 0 Å². The molecular formula is C25H28N8O2. The highest BCUT2D eigenvalue weighted by atomic mass is 16.2. The summed E-state index contributed by atoms with van der Waals surface area (Å²) in [5, 5.41) is 23.8. The summed E-state index contributed by atoms with van der Waals surface area (Å²) < 4.78 is 0. The first-order chi connectivity index (χ1) is 17.0. The van der Waals surface area contributed by atoms with Crippen LogP contribution in [0.1, 0.15) is 49.8 Å². The number of nitrogens with one attached hydrogen (secondary N) is 1. The number of hydrogen-bond acceptors (Lipinski definition) is 7. The Morgan fingerprint density at radius 1 is 1.29 bits per heavy atom. The van der Waals surface area contributed by atoms with E-state index in [0.717, 1.165) is 44.2 Å². The average Bonchev–Trinajstić information content (AvgIpc) is 3.43. The van der Waals surface area contributed by atoms with E-state index in [-0.39, 0.29) is 47.9 Å². The van der Waals surface area contributed by atoms with Crippen molar-refractivity contribution in [3.63, 3.8) is 0 Å². The summed E-state index contributed by atoms with van der Waals surface area (Å²) in [6, 6.07) is 8.71. The Morgan fingerprint density at radius 2 is 2.17 bits per heavy atom. The molecular weight excluding hydrogens is 444 g/mol. The Morgan fingerprint density at radius 3 is 2.94 bits per heavy atom. The van der Waals surface area contributed by atoms with Gasteiger partial charge in [-0.3, -0.25) is 14.5 Å². The van der Waals surface area contributed by atoms with Crippen LogP contribution < -0.4 is 0 Å². The van der Waals surface area contributed by atoms with Crippen molar-refractivity contribution in [3.05, 3.63) is 29.3 Å². The van der Waals surface area contributed by atoms with E-state index in [1.54, 1.807) is 0 Å². The molecule has 5 aliphatic rings. The third kappa shape index (κ3) is 3.14. The normalized spacial score (nSPS) is 33.7. The number of piperidine rings is 1. The van der Waals surface area contributed by atoms with Gasteiger partial charge in [-0.1, -0.05) is 19.1 Å². The van der Waals surface area contributed by atoms with Crippen molar-refractivity contribution in [1.82, 2.24) is 35.3 Å². The Balaban J connectivity index is 1.03. The zero-order valence-electron chi connectivity index (χ0n) is 19.7. The van der Waals surface area contributed by atoms with E-state index in [0.29, 0.717) is 18.3 Å². The molecule has 1 unspecified atom stereocenters. The van der Waals surface area contributed by atoms with E-state index in [9.17, 15) is 14.9 Å². The van der Waals surface area contributed by atoms with Gasteiger partial charge in [-0.15, -0.1) is 10.2 Å². The Bertz CT molecular complexity index is 1240. The summed E-state index contributed by atoms with van der Waals surface area (Å²) in [6.07, 6.45) is 4.56. The number of carbonyl (C=O) groups excluding carboxylic acids is 2. The molecule has 3 aliphatic heterocycles. The van der Waals surface area contributed by atoms with Crippen molar-refractivity contribution < 1.29 is 9.59 Å². The number of nitrogens with zero attached hydrogens (tertiary/aromatic N) is 7. The first-order valence-electron chi connectivity index (χ1n) is 12.7. The van der Waals surface area contributed by atoms with Gasteiger partial charge in [0.2, 0.25) is 17.6 Å². The standard InChI is InChI=1S/C25H28N8O2/c1-13(24(34)32-17(10-26)7-16-8-21(16)32)11-31-12-18-9-22(31)25(35)33(18)20-5-3-14-6-15(2-4-19(14)20)23-27-29-30-28-23/h2,4,6,13,16-18,20-22H,3,5,7-9,11-12H2,1H3,(H,27,28,29,30)/t13-,16+,17-,18+,20-,21?,22+/m0/s1. The highest BCUT2D eigenvalue weighted by molar-refractivity contribution is 5.87. The number of aryl methyl sites for hydroxylation is 1. The molecule has 0 spiro atoms. The van der Waals surface area contributed by atoms with Crippen LogP contribution in [0.25, 0.3) is 11.4 Å². The van der Waals surface area contributed by atoms with Crippen LogP contribution in [0.3, 0.4) is 0 Å². The first-order valence-corrected chi connectivity index (χ1v) is 12.7. The molecule has 1 saturated carbocycles. The smallest absolute Gasteiger partial charge is 0.240 e. The largest absolute Gasteiger partial charge is 0.330 e. The van der Waals surface area contributed by atoms with E-state index in [2.05, 4.69) is 48.6 Å². The summed E-state index contributed by atoms with van der Waals surface area (Å²) >= 11 is 0. The number of fused-ring (bicyclic) bond motifs is 4. The fourth-order valence-corrected chi connectivity index (χ4v) is 7.18. The molecule has 1 N–H and O–H groups in total. The molecule has 2 aromatic rings. The minimum atomic E-state index is -0.274. The number of benzene rings is 1. The fourth-order valence-electron chi connectivity index (χ4n) is 7.18. The number of hydrogen-bond donors (Lipinski definition) is 1. The van der Waals surface area contributed by atoms with E-state index >= 15 is 0 Å². The maximum atomic E-state index is 13.5. The van der Waals surface area contributed by atoms with Crippen molar-refractivity contribution in [3.8, 4) is 17.5 Å². The fraction of sp³-hybridized carbons (Fsp3) is 0.600. The molecule has 4 heterocycles. The number of likely N-dealkylation sites (tertiary alicyclic amines) is 3. The van der Waals surface area contributed by atoms with Gasteiger partial charge in [0.15, 0.2) is 0 Å². The van der Waals surface area contributed by atoms with Crippen molar-refractivity contribution in [1.29, 1.82) is 5.26 Å². The lowest BCUT2D eigenvalue weighted by molar-refractivity contribution is -0.142. The third-order valence-corrected chi connectivity index (χ3v) is 8.88. The minimum absolute atomic E-state index is 0.0794. The topological polar surface area (TPSA) is 122 Å². The molecule has 4 fully saturated rings. The van der Waals surface area contributed by atoms with Crippen LogP contribution >= 0.6 is 0 Å². The maximum absolute atomic E-state index is 13.5. The van der Waals surface area contributed by atoms with Gasteiger partial charge < -0.3 is 9.80 Å². The number of aromatic amines is 1. The van der Waals surface area contributed by atoms with Crippen molar-refractivity contribution >= 4 is 11.8 Å². The number of nitriles is 1. The van der Waals surface area contributed by atoms with E-state index in [4.69, 9.17) is 0 Å². The second-order valence-corrected chi connectivity index (χ2v) is 10.9. The van der Waals surface area contributed by atoms with Gasteiger partial charge in [-0.05, 0) is 60.4 Å². The van der Waals surface area contributed by atoms with Crippen LogP contribution in [-0.4, -0.2) is 84.4 Å². The Labute approximate surface area is 203 Å². The highest BCUT2D eigenvalue weighted by Gasteiger charge is 2.56. The molecule has 180 valence electrons. The van der Waals surface area contributed by atoms with E-state index < -0.39 is 0 Å². The van der Waals surface area contributed by atoms with Gasteiger partial charge in [0, 0.05) is 36.7 Å². The summed E-state index contributed by atoms with van der Waals surface area (Å²) in [6.45, 7) is 3.35. The second-order valence-electron chi connectivity index (χ2n) is 10.9. The van der Waals surface area contributed by atoms with Gasteiger partial charge >= 0.3 is 0 Å². The molecule has 2 amide bonds. The predicted octanol–water partition coefficient (Wildman–Crippen LogP) is 1.29. The molecule has 0 radical (unpaired) electrons. The molecule has 10 nitrogen and oxygen atoms in total. The summed E-state index contributed by atoms with van der Waals surface area (Å²) in [5.74, 6) is 1.17. The van der Waals surface area contributed by atoms with Crippen molar-refractivity contribution in [2.75, 3.05) is 13.1 Å². The number of aromatic nitrogens is 4. The minimum Gasteiger partial charge on any atom is -0.330 e. The Kier molecular flexibility index (Phi) is 4.55. The highest BCUT2D eigenvalue weighted by Crippen LogP contribution is 2.48. The lowest BCUT2D eigenvalue weighted by Gasteiger charge is -2.39. The predicted molar refractivity (Wildman–Crippen MR) is 123 cm³/mol. The summed E-state index contributed by atoms with van der Waals surface area (Å²) in [4.78, 5) is 32.9. The zero-order chi connectivity index (χ0) is 23.8. The molecule has 1 aromatic heterocycles. The van der Waals surface area contributed by atoms with Crippen LogP contribution in [0.2, 0.25) is 0 Å². The number of piperazine rings is 1. The SMILES string of the molecule is C[C@@H](CN1C[C@H]2C[C@@H]1C(=O)N2[C@H]1CCc2cc(-c3nn[nH]n3)ccc21)C(=O)N1C2C[C@H]2C[C@H]1C#N. The first kappa shape index (κ1) is 21.0. The number of carbonyl (C=O) groups is 2. The van der Waals surface area contributed by atoms with Crippen LogP contribution in [-0.2, 0) is 16.0 Å². The number of H-pyrrole nitrogens is 1. The van der Waals surface area contributed by atoms with Crippen molar-refractivity contribution in [2.45, 2.75) is 69.2 Å². The lowest BCUT2D eigenvalue weighted by atomic mass is 10.0. The molecule has 3 saturated heterocycles. The Hall–Kier alpha value is -3.32. The molecule has 1 aromatic carbocycles. The van der Waals surface area contributed by atoms with Gasteiger partial charge in [0.05, 0.1) is 18.2 Å². The molecule has 35 heavy (non-hydrogen) atoms. The summed E-state index contributed by atoms with van der Waals surface area (Å²) in [7, 11) is 0. The van der Waals surface area contributed by atoms with Gasteiger partial charge in [-0.2, -0.15) is 10.5 Å². The third-order valence-electron chi connectivity index (χ3n) is 8.88. The molecule has 2 bridgehead atoms.